The number of amides is 1. The molecule has 2 unspecified atom stereocenters. The van der Waals surface area contributed by atoms with Crippen LogP contribution in [-0.4, -0.2) is 36.5 Å². The number of hydrogen-bond acceptors (Lipinski definition) is 3. The number of halogens is 2. The minimum Gasteiger partial charge on any atom is -0.481 e. The molecule has 0 aliphatic carbocycles. The monoisotopic (exact) mass is 468 g/mol. The van der Waals surface area contributed by atoms with E-state index in [4.69, 9.17) is 27.9 Å². The first-order valence-electron chi connectivity index (χ1n) is 10.7. The quantitative estimate of drug-likeness (QED) is 0.449. The van der Waals surface area contributed by atoms with E-state index < -0.39 is 6.10 Å². The first kappa shape index (κ1) is 22.5. The van der Waals surface area contributed by atoms with Crippen LogP contribution in [0, 0.1) is 6.92 Å². The van der Waals surface area contributed by atoms with Crippen LogP contribution in [0.1, 0.15) is 24.1 Å². The fraction of sp³-hybridized carbons (Fsp3) is 0.269. The van der Waals surface area contributed by atoms with Gasteiger partial charge in [-0.15, -0.1) is 0 Å². The van der Waals surface area contributed by atoms with Crippen molar-refractivity contribution in [1.82, 2.24) is 4.90 Å². The second kappa shape index (κ2) is 9.85. The summed E-state index contributed by atoms with van der Waals surface area (Å²) in [5, 5.41) is 1.40. The first-order chi connectivity index (χ1) is 15.4. The lowest BCUT2D eigenvalue weighted by atomic mass is 10.0. The minimum absolute atomic E-state index is 0.0255. The van der Waals surface area contributed by atoms with Gasteiger partial charge in [-0.25, -0.2) is 0 Å². The third-order valence-corrected chi connectivity index (χ3v) is 6.32. The maximum Gasteiger partial charge on any atom is 0.263 e. The zero-order valence-electron chi connectivity index (χ0n) is 18.2. The third-order valence-electron chi connectivity index (χ3n) is 5.76. The zero-order chi connectivity index (χ0) is 22.7. The lowest BCUT2D eigenvalue weighted by molar-refractivity contribution is -0.138. The summed E-state index contributed by atoms with van der Waals surface area (Å²) in [7, 11) is 0. The first-order valence-corrected chi connectivity index (χ1v) is 11.5. The Balaban J connectivity index is 1.58. The molecule has 1 fully saturated rings. The van der Waals surface area contributed by atoms with Gasteiger partial charge in [0, 0.05) is 24.7 Å². The average Bonchev–Trinajstić information content (AvgIpc) is 2.79. The molecule has 166 valence electrons. The van der Waals surface area contributed by atoms with Gasteiger partial charge in [-0.1, -0.05) is 59.6 Å². The van der Waals surface area contributed by atoms with Crippen LogP contribution < -0.4 is 9.64 Å². The molecule has 0 N–H and O–H groups in total. The van der Waals surface area contributed by atoms with Crippen molar-refractivity contribution in [1.29, 1.82) is 0 Å². The molecular formula is C26H26Cl2N2O2. The second-order valence-electron chi connectivity index (χ2n) is 8.07. The number of hydrogen-bond donors (Lipinski definition) is 0. The fourth-order valence-corrected chi connectivity index (χ4v) is 4.57. The molecule has 1 aliphatic heterocycles. The molecular weight excluding hydrogens is 443 g/mol. The molecule has 4 nitrogen and oxygen atoms in total. The summed E-state index contributed by atoms with van der Waals surface area (Å²) in [4.78, 5) is 17.4. The van der Waals surface area contributed by atoms with Crippen LogP contribution in [0.15, 0.2) is 72.8 Å². The number of rotatable bonds is 5. The van der Waals surface area contributed by atoms with Crippen LogP contribution in [0.2, 0.25) is 10.0 Å². The van der Waals surface area contributed by atoms with Gasteiger partial charge in [0.05, 0.1) is 16.8 Å². The van der Waals surface area contributed by atoms with Crippen molar-refractivity contribution in [3.05, 3.63) is 94.0 Å². The number of ether oxygens (including phenoxy) is 1. The number of carbonyl (C=O) groups excluding carboxylic acids is 1. The van der Waals surface area contributed by atoms with Gasteiger partial charge < -0.3 is 14.5 Å². The van der Waals surface area contributed by atoms with Crippen molar-refractivity contribution in [3.63, 3.8) is 0 Å². The standard InChI is InChI=1S/C26H26Cl2N2O2/c1-18-8-13-24(23(28)16-18)30-15-14-29(17-25(30)20-9-11-21(27)12-10-20)26(31)19(2)32-22-6-4-3-5-7-22/h3-13,16,19,25H,14-15,17H2,1-2H3. The lowest BCUT2D eigenvalue weighted by Crippen LogP contribution is -2.53. The van der Waals surface area contributed by atoms with Gasteiger partial charge in [-0.3, -0.25) is 4.79 Å². The molecule has 0 saturated carbocycles. The van der Waals surface area contributed by atoms with Crippen molar-refractivity contribution in [2.45, 2.75) is 26.0 Å². The Morgan fingerprint density at radius 3 is 2.41 bits per heavy atom. The summed E-state index contributed by atoms with van der Waals surface area (Å²) in [5.41, 5.74) is 3.17. The Morgan fingerprint density at radius 2 is 1.72 bits per heavy atom. The zero-order valence-corrected chi connectivity index (χ0v) is 19.7. The highest BCUT2D eigenvalue weighted by Gasteiger charge is 2.34. The van der Waals surface area contributed by atoms with Crippen LogP contribution in [0.5, 0.6) is 5.75 Å². The fourth-order valence-electron chi connectivity index (χ4n) is 4.10. The minimum atomic E-state index is -0.571. The molecule has 1 heterocycles. The van der Waals surface area contributed by atoms with Gasteiger partial charge in [0.2, 0.25) is 0 Å². The van der Waals surface area contributed by atoms with E-state index in [1.807, 2.05) is 72.5 Å². The highest BCUT2D eigenvalue weighted by atomic mass is 35.5. The number of nitrogens with zero attached hydrogens (tertiary/aromatic N) is 2. The molecule has 0 radical (unpaired) electrons. The van der Waals surface area contributed by atoms with E-state index in [2.05, 4.69) is 17.0 Å². The molecule has 0 bridgehead atoms. The van der Waals surface area contributed by atoms with Gasteiger partial charge in [0.1, 0.15) is 5.75 Å². The molecule has 32 heavy (non-hydrogen) atoms. The van der Waals surface area contributed by atoms with Crippen molar-refractivity contribution in [3.8, 4) is 5.75 Å². The van der Waals surface area contributed by atoms with Crippen LogP contribution in [-0.2, 0) is 4.79 Å². The summed E-state index contributed by atoms with van der Waals surface area (Å²) in [5.74, 6) is 0.662. The molecule has 3 aromatic carbocycles. The van der Waals surface area contributed by atoms with Gasteiger partial charge in [-0.05, 0) is 61.4 Å². The number of para-hydroxylation sites is 1. The molecule has 1 amide bonds. The SMILES string of the molecule is Cc1ccc(N2CCN(C(=O)C(C)Oc3ccccc3)CC2c2ccc(Cl)cc2)c(Cl)c1. The van der Waals surface area contributed by atoms with Crippen LogP contribution in [0.4, 0.5) is 5.69 Å². The number of benzene rings is 3. The van der Waals surface area contributed by atoms with E-state index in [-0.39, 0.29) is 11.9 Å². The Morgan fingerprint density at radius 1 is 1.00 bits per heavy atom. The van der Waals surface area contributed by atoms with E-state index in [1.165, 1.54) is 0 Å². The van der Waals surface area contributed by atoms with Crippen molar-refractivity contribution in [2.75, 3.05) is 24.5 Å². The molecule has 0 spiro atoms. The van der Waals surface area contributed by atoms with Crippen molar-refractivity contribution < 1.29 is 9.53 Å². The van der Waals surface area contributed by atoms with Crippen LogP contribution >= 0.6 is 23.2 Å². The number of carbonyl (C=O) groups is 1. The Kier molecular flexibility index (Phi) is 6.92. The Hall–Kier alpha value is -2.69. The topological polar surface area (TPSA) is 32.8 Å². The normalized spacial score (nSPS) is 17.2. The van der Waals surface area contributed by atoms with Crippen LogP contribution in [0.25, 0.3) is 0 Å². The second-order valence-corrected chi connectivity index (χ2v) is 8.92. The molecule has 6 heteroatoms. The Bertz CT molecular complexity index is 1070. The molecule has 3 aromatic rings. The molecule has 1 saturated heterocycles. The van der Waals surface area contributed by atoms with Gasteiger partial charge >= 0.3 is 0 Å². The van der Waals surface area contributed by atoms with E-state index in [1.54, 1.807) is 6.92 Å². The Labute approximate surface area is 199 Å². The van der Waals surface area contributed by atoms with E-state index >= 15 is 0 Å². The van der Waals surface area contributed by atoms with Crippen molar-refractivity contribution >= 4 is 34.8 Å². The molecule has 2 atom stereocenters. The predicted molar refractivity (Wildman–Crippen MR) is 131 cm³/mol. The van der Waals surface area contributed by atoms with E-state index in [9.17, 15) is 4.79 Å². The van der Waals surface area contributed by atoms with Crippen molar-refractivity contribution in [2.24, 2.45) is 0 Å². The number of anilines is 1. The maximum absolute atomic E-state index is 13.2. The average molecular weight is 469 g/mol. The predicted octanol–water partition coefficient (Wildman–Crippen LogP) is 6.16. The third kappa shape index (κ3) is 5.03. The van der Waals surface area contributed by atoms with Gasteiger partial charge in [0.15, 0.2) is 6.10 Å². The highest BCUT2D eigenvalue weighted by molar-refractivity contribution is 6.33. The maximum atomic E-state index is 13.2. The molecule has 0 aromatic heterocycles. The lowest BCUT2D eigenvalue weighted by Gasteiger charge is -2.44. The smallest absolute Gasteiger partial charge is 0.263 e. The molecule has 1 aliphatic rings. The number of aryl methyl sites for hydroxylation is 1. The summed E-state index contributed by atoms with van der Waals surface area (Å²) in [6.45, 7) is 5.62. The van der Waals surface area contributed by atoms with E-state index in [0.717, 1.165) is 16.8 Å². The largest absolute Gasteiger partial charge is 0.481 e. The molecule has 4 rings (SSSR count). The van der Waals surface area contributed by atoms with Crippen LogP contribution in [0.3, 0.4) is 0 Å². The van der Waals surface area contributed by atoms with Gasteiger partial charge in [0.25, 0.3) is 5.91 Å². The summed E-state index contributed by atoms with van der Waals surface area (Å²) in [6.07, 6.45) is -0.571. The van der Waals surface area contributed by atoms with Gasteiger partial charge in [-0.2, -0.15) is 0 Å². The summed E-state index contributed by atoms with van der Waals surface area (Å²) < 4.78 is 5.89. The highest BCUT2D eigenvalue weighted by Crippen LogP contribution is 2.36. The summed E-state index contributed by atoms with van der Waals surface area (Å²) >= 11 is 12.7. The van der Waals surface area contributed by atoms with E-state index in [0.29, 0.717) is 35.4 Å². The summed E-state index contributed by atoms with van der Waals surface area (Å²) in [6, 6.07) is 23.3. The number of piperazine rings is 1.